The van der Waals surface area contributed by atoms with Gasteiger partial charge in [-0.25, -0.2) is 0 Å². The molecule has 0 aliphatic carbocycles. The third-order valence-electron chi connectivity index (χ3n) is 2.50. The molecular formula is C9H16N4O. The van der Waals surface area contributed by atoms with Crippen LogP contribution in [0.15, 0.2) is 4.52 Å². The molecule has 5 nitrogen and oxygen atoms in total. The van der Waals surface area contributed by atoms with Crippen LogP contribution in [0.2, 0.25) is 0 Å². The third-order valence-corrected chi connectivity index (χ3v) is 2.50. The summed E-state index contributed by atoms with van der Waals surface area (Å²) in [5, 5.41) is 7.21. The highest BCUT2D eigenvalue weighted by Gasteiger charge is 2.20. The zero-order chi connectivity index (χ0) is 9.80. The van der Waals surface area contributed by atoms with Crippen molar-refractivity contribution in [2.45, 2.75) is 25.2 Å². The maximum absolute atomic E-state index is 5.41. The molecule has 78 valence electrons. The molecule has 1 fully saturated rings. The summed E-state index contributed by atoms with van der Waals surface area (Å²) in [6, 6.07) is 0. The van der Waals surface area contributed by atoms with Crippen LogP contribution in [-0.2, 0) is 6.42 Å². The smallest absolute Gasteiger partial charge is 0.231 e. The van der Waals surface area contributed by atoms with E-state index in [9.17, 15) is 0 Å². The lowest BCUT2D eigenvalue weighted by molar-refractivity contribution is 0.320. The van der Waals surface area contributed by atoms with Gasteiger partial charge in [-0.1, -0.05) is 5.16 Å². The van der Waals surface area contributed by atoms with Crippen molar-refractivity contribution in [1.82, 2.24) is 15.5 Å². The lowest BCUT2D eigenvalue weighted by Crippen LogP contribution is -2.28. The van der Waals surface area contributed by atoms with Crippen molar-refractivity contribution in [3.8, 4) is 0 Å². The van der Waals surface area contributed by atoms with E-state index in [0.717, 1.165) is 31.2 Å². The second-order valence-corrected chi connectivity index (χ2v) is 3.63. The van der Waals surface area contributed by atoms with Crippen molar-refractivity contribution in [2.75, 3.05) is 19.6 Å². The van der Waals surface area contributed by atoms with E-state index in [4.69, 9.17) is 10.3 Å². The van der Waals surface area contributed by atoms with Crippen LogP contribution in [0.4, 0.5) is 0 Å². The Bertz CT molecular complexity index is 280. The average Bonchev–Trinajstić information content (AvgIpc) is 2.68. The molecule has 5 heteroatoms. The Labute approximate surface area is 83.1 Å². The summed E-state index contributed by atoms with van der Waals surface area (Å²) in [7, 11) is 0. The van der Waals surface area contributed by atoms with Gasteiger partial charge in [0.25, 0.3) is 0 Å². The van der Waals surface area contributed by atoms with Crippen molar-refractivity contribution >= 4 is 0 Å². The minimum Gasteiger partial charge on any atom is -0.339 e. The molecule has 1 saturated heterocycles. The highest BCUT2D eigenvalue weighted by molar-refractivity contribution is 4.96. The Morgan fingerprint density at radius 2 is 2.50 bits per heavy atom. The fraction of sp³-hybridized carbons (Fsp3) is 0.778. The number of hydrogen-bond acceptors (Lipinski definition) is 5. The predicted octanol–water partition coefficient (Wildman–Crippen LogP) is 0.0378. The molecule has 2 rings (SSSR count). The van der Waals surface area contributed by atoms with Gasteiger partial charge in [0.2, 0.25) is 5.89 Å². The molecule has 1 aromatic rings. The molecule has 0 saturated carbocycles. The van der Waals surface area contributed by atoms with Crippen molar-refractivity contribution in [3.63, 3.8) is 0 Å². The number of rotatable bonds is 3. The summed E-state index contributed by atoms with van der Waals surface area (Å²) in [4.78, 5) is 4.33. The highest BCUT2D eigenvalue weighted by Crippen LogP contribution is 2.21. The number of nitrogens with zero attached hydrogens (tertiary/aromatic N) is 2. The summed E-state index contributed by atoms with van der Waals surface area (Å²) < 4.78 is 5.20. The van der Waals surface area contributed by atoms with Gasteiger partial charge in [-0.3, -0.25) is 0 Å². The standard InChI is InChI=1S/C9H16N4O/c10-4-3-8-12-9(14-13-8)7-2-1-5-11-6-7/h7,11H,1-6,10H2. The number of nitrogens with two attached hydrogens (primary N) is 1. The van der Waals surface area contributed by atoms with E-state index in [1.165, 1.54) is 6.42 Å². The largest absolute Gasteiger partial charge is 0.339 e. The van der Waals surface area contributed by atoms with Crippen LogP contribution in [0.3, 0.4) is 0 Å². The number of hydrogen-bond donors (Lipinski definition) is 2. The normalized spacial score (nSPS) is 22.5. The maximum Gasteiger partial charge on any atom is 0.231 e. The van der Waals surface area contributed by atoms with Crippen LogP contribution < -0.4 is 11.1 Å². The molecule has 0 amide bonds. The SMILES string of the molecule is NCCc1noc(C2CCCNC2)n1. The molecule has 0 aromatic carbocycles. The molecule has 1 aliphatic rings. The van der Waals surface area contributed by atoms with Gasteiger partial charge < -0.3 is 15.6 Å². The van der Waals surface area contributed by atoms with Crippen LogP contribution >= 0.6 is 0 Å². The molecule has 14 heavy (non-hydrogen) atoms. The first-order valence-corrected chi connectivity index (χ1v) is 5.13. The Kier molecular flexibility index (Phi) is 3.10. The lowest BCUT2D eigenvalue weighted by Gasteiger charge is -2.18. The van der Waals surface area contributed by atoms with Crippen molar-refractivity contribution in [2.24, 2.45) is 5.73 Å². The Morgan fingerprint density at radius 3 is 3.21 bits per heavy atom. The highest BCUT2D eigenvalue weighted by atomic mass is 16.5. The number of aromatic nitrogens is 2. The topological polar surface area (TPSA) is 77.0 Å². The van der Waals surface area contributed by atoms with E-state index in [2.05, 4.69) is 15.5 Å². The summed E-state index contributed by atoms with van der Waals surface area (Å²) in [6.07, 6.45) is 3.01. The van der Waals surface area contributed by atoms with Crippen LogP contribution in [-0.4, -0.2) is 29.8 Å². The average molecular weight is 196 g/mol. The van der Waals surface area contributed by atoms with Crippen LogP contribution in [0.25, 0.3) is 0 Å². The minimum atomic E-state index is 0.391. The third kappa shape index (κ3) is 2.10. The minimum absolute atomic E-state index is 0.391. The predicted molar refractivity (Wildman–Crippen MR) is 51.9 cm³/mol. The van der Waals surface area contributed by atoms with Crippen LogP contribution in [0, 0.1) is 0 Å². The van der Waals surface area contributed by atoms with Gasteiger partial charge in [-0.15, -0.1) is 0 Å². The van der Waals surface area contributed by atoms with Crippen LogP contribution in [0.5, 0.6) is 0 Å². The second-order valence-electron chi connectivity index (χ2n) is 3.63. The Hall–Kier alpha value is -0.940. The molecule has 2 heterocycles. The first-order valence-electron chi connectivity index (χ1n) is 5.13. The van der Waals surface area contributed by atoms with Gasteiger partial charge in [-0.05, 0) is 25.9 Å². The molecule has 1 unspecified atom stereocenters. The van der Waals surface area contributed by atoms with E-state index in [-0.39, 0.29) is 0 Å². The van der Waals surface area contributed by atoms with Gasteiger partial charge in [0, 0.05) is 13.0 Å². The quantitative estimate of drug-likeness (QED) is 0.713. The summed E-state index contributed by atoms with van der Waals surface area (Å²) >= 11 is 0. The molecule has 0 radical (unpaired) electrons. The van der Waals surface area contributed by atoms with Gasteiger partial charge in [0.15, 0.2) is 5.82 Å². The van der Waals surface area contributed by atoms with E-state index in [0.29, 0.717) is 18.9 Å². The second kappa shape index (κ2) is 4.52. The molecule has 3 N–H and O–H groups in total. The summed E-state index contributed by atoms with van der Waals surface area (Å²) in [5.41, 5.74) is 5.41. The first-order chi connectivity index (χ1) is 6.90. The zero-order valence-corrected chi connectivity index (χ0v) is 8.20. The van der Waals surface area contributed by atoms with Gasteiger partial charge >= 0.3 is 0 Å². The Balaban J connectivity index is 2.00. The Morgan fingerprint density at radius 1 is 1.57 bits per heavy atom. The van der Waals surface area contributed by atoms with E-state index >= 15 is 0 Å². The lowest BCUT2D eigenvalue weighted by atomic mass is 10.00. The van der Waals surface area contributed by atoms with Gasteiger partial charge in [0.05, 0.1) is 5.92 Å². The first kappa shape index (κ1) is 9.61. The number of piperidine rings is 1. The maximum atomic E-state index is 5.41. The molecular weight excluding hydrogens is 180 g/mol. The fourth-order valence-electron chi connectivity index (χ4n) is 1.73. The summed E-state index contributed by atoms with van der Waals surface area (Å²) in [6.45, 7) is 2.62. The van der Waals surface area contributed by atoms with Crippen molar-refractivity contribution in [1.29, 1.82) is 0 Å². The zero-order valence-electron chi connectivity index (χ0n) is 8.20. The molecule has 0 spiro atoms. The molecule has 1 aromatic heterocycles. The van der Waals surface area contributed by atoms with Crippen LogP contribution in [0.1, 0.15) is 30.5 Å². The van der Waals surface area contributed by atoms with Crippen molar-refractivity contribution < 1.29 is 4.52 Å². The number of nitrogens with one attached hydrogen (secondary N) is 1. The molecule has 0 bridgehead atoms. The van der Waals surface area contributed by atoms with Gasteiger partial charge in [-0.2, -0.15) is 4.98 Å². The van der Waals surface area contributed by atoms with E-state index in [1.807, 2.05) is 0 Å². The van der Waals surface area contributed by atoms with Gasteiger partial charge in [0.1, 0.15) is 0 Å². The fourth-order valence-corrected chi connectivity index (χ4v) is 1.73. The summed E-state index contributed by atoms with van der Waals surface area (Å²) in [5.74, 6) is 1.89. The molecule has 1 aliphatic heterocycles. The van der Waals surface area contributed by atoms with Crippen molar-refractivity contribution in [3.05, 3.63) is 11.7 Å². The van der Waals surface area contributed by atoms with E-state index in [1.54, 1.807) is 0 Å². The monoisotopic (exact) mass is 196 g/mol. The molecule has 1 atom stereocenters. The van der Waals surface area contributed by atoms with E-state index < -0.39 is 0 Å².